The molecule has 5 heterocycles. The Morgan fingerprint density at radius 1 is 0.667 bits per heavy atom. The Labute approximate surface area is 295 Å². The van der Waals surface area contributed by atoms with E-state index in [2.05, 4.69) is 119 Å². The molecule has 5 aromatic carbocycles. The van der Waals surface area contributed by atoms with E-state index in [4.69, 9.17) is 9.72 Å². The monoisotopic (exact) mass is 817 g/mol. The second-order valence-electron chi connectivity index (χ2n) is 12.5. The van der Waals surface area contributed by atoms with Crippen molar-refractivity contribution in [1.29, 1.82) is 0 Å². The first-order chi connectivity index (χ1) is 23.1. The molecule has 0 unspecified atom stereocenters. The van der Waals surface area contributed by atoms with E-state index in [9.17, 15) is 0 Å². The standard InChI is InChI=1S/C41H26N4OS.Pt/c1-41(2)33-13-4-6-15-36(33)47-38-34(41)19-18-30-31-12-8-20-42-40(31)45(37(30)38)25-9-7-10-26(23-25)46-27-16-17-28-29-11-3-5-14-35(29)44-22-21-43-39(44)32(28)24-27;/h3-22H,1-2H3;/q-2;+2. The summed E-state index contributed by atoms with van der Waals surface area (Å²) in [5.41, 5.74) is 7.39. The van der Waals surface area contributed by atoms with Gasteiger partial charge in [0.15, 0.2) is 0 Å². The molecule has 0 fully saturated rings. The van der Waals surface area contributed by atoms with Crippen LogP contribution in [0.4, 0.5) is 0 Å². The zero-order valence-electron chi connectivity index (χ0n) is 26.0. The van der Waals surface area contributed by atoms with Crippen molar-refractivity contribution in [3.63, 3.8) is 0 Å². The molecule has 0 spiro atoms. The Hall–Kier alpha value is -4.90. The Balaban J connectivity index is 0.00000314. The number of imidazole rings is 1. The van der Waals surface area contributed by atoms with Crippen LogP contribution in [0.15, 0.2) is 132 Å². The van der Waals surface area contributed by atoms with Crippen molar-refractivity contribution in [2.45, 2.75) is 29.1 Å². The molecule has 0 radical (unpaired) electrons. The summed E-state index contributed by atoms with van der Waals surface area (Å²) in [6.07, 6.45) is 5.68. The Kier molecular flexibility index (Phi) is 6.59. The fourth-order valence-electron chi connectivity index (χ4n) is 7.33. The number of aromatic nitrogens is 4. The minimum absolute atomic E-state index is 0. The van der Waals surface area contributed by atoms with Gasteiger partial charge in [-0.2, -0.15) is 6.07 Å². The SMILES string of the molecule is CC1(C)c2ccccc2Sc2c1ccc1c3cccnc3n(-c3[c-]c(Oc4[c-]c5c(cc4)c4ccccc4n4ccnc54)ccc3)c21.[Pt+2]. The van der Waals surface area contributed by atoms with Crippen molar-refractivity contribution < 1.29 is 25.8 Å². The van der Waals surface area contributed by atoms with Crippen LogP contribution < -0.4 is 4.74 Å². The summed E-state index contributed by atoms with van der Waals surface area (Å²) >= 11 is 1.84. The molecule has 0 bridgehead atoms. The summed E-state index contributed by atoms with van der Waals surface area (Å²) in [4.78, 5) is 12.1. The Bertz CT molecular complexity index is 2740. The number of ether oxygens (including phenoxy) is 1. The van der Waals surface area contributed by atoms with Crippen LogP contribution in [0, 0.1) is 12.1 Å². The number of fused-ring (bicyclic) bond motifs is 12. The predicted octanol–water partition coefficient (Wildman–Crippen LogP) is 10.3. The van der Waals surface area contributed by atoms with Gasteiger partial charge in [-0.1, -0.05) is 96.7 Å². The molecule has 5 nitrogen and oxygen atoms in total. The maximum Gasteiger partial charge on any atom is 2.00 e. The molecule has 10 rings (SSSR count). The van der Waals surface area contributed by atoms with Gasteiger partial charge in [0.25, 0.3) is 0 Å². The first-order valence-corrected chi connectivity index (χ1v) is 16.5. The second kappa shape index (κ2) is 10.8. The quantitative estimate of drug-likeness (QED) is 0.132. The first-order valence-electron chi connectivity index (χ1n) is 15.7. The van der Waals surface area contributed by atoms with E-state index in [1.165, 1.54) is 26.3 Å². The van der Waals surface area contributed by atoms with Crippen molar-refractivity contribution in [3.8, 4) is 17.2 Å². The molecular formula is C41H26N4OPtS. The number of pyridine rings is 2. The number of hydrogen-bond acceptors (Lipinski definition) is 4. The smallest absolute Gasteiger partial charge is 0.503 e. The molecule has 48 heavy (non-hydrogen) atoms. The van der Waals surface area contributed by atoms with Gasteiger partial charge in [-0.05, 0) is 40.8 Å². The summed E-state index contributed by atoms with van der Waals surface area (Å²) in [7, 11) is 0. The Morgan fingerprint density at radius 3 is 2.40 bits per heavy atom. The fraction of sp³-hybridized carbons (Fsp3) is 0.0732. The van der Waals surface area contributed by atoms with E-state index in [-0.39, 0.29) is 26.5 Å². The van der Waals surface area contributed by atoms with Crippen molar-refractivity contribution in [1.82, 2.24) is 18.9 Å². The summed E-state index contributed by atoms with van der Waals surface area (Å²) in [5, 5.41) is 5.44. The van der Waals surface area contributed by atoms with Gasteiger partial charge in [-0.25, -0.2) is 4.98 Å². The van der Waals surface area contributed by atoms with Crippen LogP contribution in [0.25, 0.3) is 54.9 Å². The van der Waals surface area contributed by atoms with Gasteiger partial charge in [0.2, 0.25) is 0 Å². The van der Waals surface area contributed by atoms with E-state index in [0.717, 1.165) is 49.6 Å². The molecule has 1 aliphatic heterocycles. The summed E-state index contributed by atoms with van der Waals surface area (Å²) in [5.74, 6) is 1.21. The molecular weight excluding hydrogens is 792 g/mol. The molecule has 232 valence electrons. The van der Waals surface area contributed by atoms with Crippen molar-refractivity contribution >= 4 is 61.0 Å². The van der Waals surface area contributed by atoms with Crippen LogP contribution in [-0.4, -0.2) is 18.9 Å². The minimum Gasteiger partial charge on any atom is -0.503 e. The zero-order valence-corrected chi connectivity index (χ0v) is 29.1. The van der Waals surface area contributed by atoms with Crippen molar-refractivity contribution in [2.75, 3.05) is 0 Å². The average Bonchev–Trinajstić information content (AvgIpc) is 3.73. The molecule has 0 atom stereocenters. The van der Waals surface area contributed by atoms with Gasteiger partial charge in [-0.3, -0.25) is 4.98 Å². The zero-order chi connectivity index (χ0) is 31.3. The Morgan fingerprint density at radius 2 is 1.46 bits per heavy atom. The van der Waals surface area contributed by atoms with Crippen molar-refractivity contribution in [2.24, 2.45) is 0 Å². The van der Waals surface area contributed by atoms with Gasteiger partial charge < -0.3 is 13.7 Å². The molecule has 0 saturated carbocycles. The average molecular weight is 818 g/mol. The summed E-state index contributed by atoms with van der Waals surface area (Å²) < 4.78 is 10.8. The van der Waals surface area contributed by atoms with E-state index >= 15 is 0 Å². The third kappa shape index (κ3) is 4.16. The molecule has 9 aromatic rings. The van der Waals surface area contributed by atoms with E-state index in [0.29, 0.717) is 11.5 Å². The van der Waals surface area contributed by atoms with E-state index < -0.39 is 0 Å². The van der Waals surface area contributed by atoms with Gasteiger partial charge in [0.1, 0.15) is 5.65 Å². The number of benzene rings is 5. The van der Waals surface area contributed by atoms with Crippen LogP contribution in [-0.2, 0) is 26.5 Å². The van der Waals surface area contributed by atoms with Gasteiger partial charge in [-0.15, -0.1) is 30.3 Å². The van der Waals surface area contributed by atoms with Gasteiger partial charge in [0.05, 0.1) is 11.2 Å². The summed E-state index contributed by atoms with van der Waals surface area (Å²) in [6.45, 7) is 4.64. The normalized spacial score (nSPS) is 13.5. The second-order valence-corrected chi connectivity index (χ2v) is 13.6. The fourth-order valence-corrected chi connectivity index (χ4v) is 8.86. The molecule has 0 amide bonds. The summed E-state index contributed by atoms with van der Waals surface area (Å²) in [6, 6.07) is 43.1. The molecule has 0 aliphatic carbocycles. The number of rotatable bonds is 3. The molecule has 7 heteroatoms. The van der Waals surface area contributed by atoms with Crippen LogP contribution in [0.5, 0.6) is 11.5 Å². The van der Waals surface area contributed by atoms with Gasteiger partial charge in [0, 0.05) is 61.6 Å². The van der Waals surface area contributed by atoms with E-state index in [1.54, 1.807) is 0 Å². The maximum absolute atomic E-state index is 6.49. The molecule has 4 aromatic heterocycles. The number of para-hydroxylation sites is 1. The largest absolute Gasteiger partial charge is 2.00 e. The molecule has 0 N–H and O–H groups in total. The number of nitrogens with zero attached hydrogens (tertiary/aromatic N) is 4. The maximum atomic E-state index is 6.49. The van der Waals surface area contributed by atoms with Crippen molar-refractivity contribution in [3.05, 3.63) is 145 Å². The molecule has 1 aliphatic rings. The predicted molar refractivity (Wildman–Crippen MR) is 189 cm³/mol. The molecule has 0 saturated heterocycles. The third-order valence-electron chi connectivity index (χ3n) is 9.54. The van der Waals surface area contributed by atoms with Crippen LogP contribution in [0.3, 0.4) is 0 Å². The minimum atomic E-state index is -0.147. The van der Waals surface area contributed by atoms with Crippen LogP contribution >= 0.6 is 11.8 Å². The third-order valence-corrected chi connectivity index (χ3v) is 10.7. The van der Waals surface area contributed by atoms with E-state index in [1.807, 2.05) is 54.6 Å². The number of hydrogen-bond donors (Lipinski definition) is 0. The van der Waals surface area contributed by atoms with Crippen LogP contribution in [0.2, 0.25) is 0 Å². The van der Waals surface area contributed by atoms with Crippen LogP contribution in [0.1, 0.15) is 25.0 Å². The topological polar surface area (TPSA) is 44.4 Å². The van der Waals surface area contributed by atoms with Gasteiger partial charge >= 0.3 is 21.1 Å². The first kappa shape index (κ1) is 29.3.